The van der Waals surface area contributed by atoms with Crippen LogP contribution in [-0.2, 0) is 0 Å². The maximum Gasteiger partial charge on any atom is 0.256 e. The van der Waals surface area contributed by atoms with Crippen molar-refractivity contribution in [3.63, 3.8) is 0 Å². The summed E-state index contributed by atoms with van der Waals surface area (Å²) in [4.78, 5) is 19.1. The van der Waals surface area contributed by atoms with Crippen LogP contribution in [0.2, 0.25) is 0 Å². The van der Waals surface area contributed by atoms with Gasteiger partial charge in [0.2, 0.25) is 0 Å². The van der Waals surface area contributed by atoms with E-state index in [1.807, 2.05) is 6.92 Å². The molecule has 3 aromatic rings. The molecule has 0 radical (unpaired) electrons. The fourth-order valence-electron chi connectivity index (χ4n) is 1.75. The molecule has 0 fully saturated rings. The molecule has 3 N–H and O–H groups in total. The van der Waals surface area contributed by atoms with E-state index < -0.39 is 0 Å². The van der Waals surface area contributed by atoms with Crippen LogP contribution >= 0.6 is 0 Å². The Labute approximate surface area is 102 Å². The summed E-state index contributed by atoms with van der Waals surface area (Å²) in [6.45, 7) is 1.87. The summed E-state index contributed by atoms with van der Waals surface area (Å²) in [5.41, 5.74) is 3.13. The molecule has 1 amide bonds. The van der Waals surface area contributed by atoms with E-state index in [4.69, 9.17) is 0 Å². The zero-order valence-electron chi connectivity index (χ0n) is 9.69. The number of aryl methyl sites for hydroxylation is 1. The zero-order chi connectivity index (χ0) is 12.5. The first-order chi connectivity index (χ1) is 8.72. The Morgan fingerprint density at radius 2 is 2.22 bits per heavy atom. The van der Waals surface area contributed by atoms with Crippen molar-refractivity contribution in [1.82, 2.24) is 20.2 Å². The zero-order valence-corrected chi connectivity index (χ0v) is 9.69. The average molecular weight is 241 g/mol. The molecule has 2 aromatic heterocycles. The number of imidazole rings is 1. The highest BCUT2D eigenvalue weighted by atomic mass is 16.1. The number of nitrogens with zero attached hydrogens (tertiary/aromatic N) is 2. The molecule has 90 valence electrons. The molecule has 0 aliphatic rings. The standard InChI is InChI=1S/C12H11N5O/c1-7-4-11(17-16-7)15-12(18)8-2-3-9-10(5-8)14-6-13-9/h2-6H,1H3,(H,13,14)(H2,15,16,17,18). The molecular formula is C12H11N5O. The van der Waals surface area contributed by atoms with E-state index >= 15 is 0 Å². The van der Waals surface area contributed by atoms with Gasteiger partial charge >= 0.3 is 0 Å². The summed E-state index contributed by atoms with van der Waals surface area (Å²) in [5.74, 6) is 0.320. The van der Waals surface area contributed by atoms with E-state index in [0.717, 1.165) is 16.7 Å². The van der Waals surface area contributed by atoms with Gasteiger partial charge in [-0.15, -0.1) is 0 Å². The predicted octanol–water partition coefficient (Wildman–Crippen LogP) is 1.85. The van der Waals surface area contributed by atoms with Crippen molar-refractivity contribution in [3.05, 3.63) is 41.9 Å². The van der Waals surface area contributed by atoms with Crippen LogP contribution in [0.1, 0.15) is 16.1 Å². The molecule has 0 aliphatic carbocycles. The van der Waals surface area contributed by atoms with Crippen molar-refractivity contribution in [1.29, 1.82) is 0 Å². The Hall–Kier alpha value is -2.63. The number of amides is 1. The fourth-order valence-corrected chi connectivity index (χ4v) is 1.75. The number of benzene rings is 1. The van der Waals surface area contributed by atoms with Crippen molar-refractivity contribution in [2.24, 2.45) is 0 Å². The summed E-state index contributed by atoms with van der Waals surface area (Å²) >= 11 is 0. The number of fused-ring (bicyclic) bond motifs is 1. The largest absolute Gasteiger partial charge is 0.345 e. The van der Waals surface area contributed by atoms with Crippen molar-refractivity contribution >= 4 is 22.8 Å². The highest BCUT2D eigenvalue weighted by Gasteiger charge is 2.09. The summed E-state index contributed by atoms with van der Waals surface area (Å²) in [7, 11) is 0. The molecule has 3 rings (SSSR count). The third-order valence-corrected chi connectivity index (χ3v) is 2.63. The molecule has 6 heteroatoms. The minimum Gasteiger partial charge on any atom is -0.345 e. The lowest BCUT2D eigenvalue weighted by Crippen LogP contribution is -2.12. The van der Waals surface area contributed by atoms with Crippen molar-refractivity contribution in [2.45, 2.75) is 6.92 Å². The van der Waals surface area contributed by atoms with Crippen LogP contribution in [0.5, 0.6) is 0 Å². The van der Waals surface area contributed by atoms with Gasteiger partial charge in [-0.2, -0.15) is 5.10 Å². The van der Waals surface area contributed by atoms with Gasteiger partial charge in [-0.3, -0.25) is 9.89 Å². The van der Waals surface area contributed by atoms with Gasteiger partial charge in [0.15, 0.2) is 5.82 Å². The number of aromatic amines is 2. The van der Waals surface area contributed by atoms with E-state index in [0.29, 0.717) is 11.4 Å². The number of carbonyl (C=O) groups excluding carboxylic acids is 1. The third kappa shape index (κ3) is 1.84. The van der Waals surface area contributed by atoms with E-state index in [1.165, 1.54) is 0 Å². The van der Waals surface area contributed by atoms with Crippen LogP contribution in [0.15, 0.2) is 30.6 Å². The number of anilines is 1. The van der Waals surface area contributed by atoms with Gasteiger partial charge in [-0.25, -0.2) is 4.98 Å². The van der Waals surface area contributed by atoms with Crippen LogP contribution in [0.25, 0.3) is 11.0 Å². The average Bonchev–Trinajstić information content (AvgIpc) is 2.96. The van der Waals surface area contributed by atoms with Gasteiger partial charge < -0.3 is 10.3 Å². The maximum absolute atomic E-state index is 12.0. The van der Waals surface area contributed by atoms with Gasteiger partial charge in [0.05, 0.1) is 17.4 Å². The number of hydrogen-bond acceptors (Lipinski definition) is 3. The summed E-state index contributed by atoms with van der Waals surface area (Å²) < 4.78 is 0. The summed E-state index contributed by atoms with van der Waals surface area (Å²) in [6, 6.07) is 7.07. The molecule has 18 heavy (non-hydrogen) atoms. The lowest BCUT2D eigenvalue weighted by atomic mass is 10.2. The van der Waals surface area contributed by atoms with Crippen LogP contribution in [-0.4, -0.2) is 26.1 Å². The monoisotopic (exact) mass is 241 g/mol. The number of aromatic nitrogens is 4. The van der Waals surface area contributed by atoms with Gasteiger partial charge in [0.1, 0.15) is 0 Å². The van der Waals surface area contributed by atoms with Crippen molar-refractivity contribution in [2.75, 3.05) is 5.32 Å². The van der Waals surface area contributed by atoms with E-state index in [9.17, 15) is 4.79 Å². The molecule has 0 atom stereocenters. The van der Waals surface area contributed by atoms with Gasteiger partial charge in [-0.1, -0.05) is 0 Å². The Kier molecular flexibility index (Phi) is 2.33. The second-order valence-electron chi connectivity index (χ2n) is 4.02. The SMILES string of the molecule is Cc1cc(NC(=O)c2ccc3nc[nH]c3c2)n[nH]1. The third-order valence-electron chi connectivity index (χ3n) is 2.63. The molecule has 0 saturated carbocycles. The molecule has 0 saturated heterocycles. The maximum atomic E-state index is 12.0. The van der Waals surface area contributed by atoms with Crippen LogP contribution < -0.4 is 5.32 Å². The first-order valence-corrected chi connectivity index (χ1v) is 5.49. The minimum atomic E-state index is -0.196. The van der Waals surface area contributed by atoms with Gasteiger partial charge in [0.25, 0.3) is 5.91 Å². The van der Waals surface area contributed by atoms with Crippen LogP contribution in [0, 0.1) is 6.92 Å². The fraction of sp³-hybridized carbons (Fsp3) is 0.0833. The molecule has 0 aliphatic heterocycles. The Bertz CT molecular complexity index is 712. The second-order valence-corrected chi connectivity index (χ2v) is 4.02. The Morgan fingerprint density at radius 3 is 3.00 bits per heavy atom. The van der Waals surface area contributed by atoms with E-state index in [1.54, 1.807) is 30.6 Å². The van der Waals surface area contributed by atoms with Crippen LogP contribution in [0.3, 0.4) is 0 Å². The molecule has 0 unspecified atom stereocenters. The number of H-pyrrole nitrogens is 2. The molecule has 0 spiro atoms. The summed E-state index contributed by atoms with van der Waals surface area (Å²) in [6.07, 6.45) is 1.60. The minimum absolute atomic E-state index is 0.196. The number of hydrogen-bond donors (Lipinski definition) is 3. The van der Waals surface area contributed by atoms with Crippen molar-refractivity contribution in [3.8, 4) is 0 Å². The first kappa shape index (κ1) is 10.5. The topological polar surface area (TPSA) is 86.5 Å². The predicted molar refractivity (Wildman–Crippen MR) is 67.4 cm³/mol. The molecule has 2 heterocycles. The number of nitrogens with one attached hydrogen (secondary N) is 3. The molecule has 0 bridgehead atoms. The van der Waals surface area contributed by atoms with Gasteiger partial charge in [-0.05, 0) is 25.1 Å². The Morgan fingerprint density at radius 1 is 1.33 bits per heavy atom. The number of rotatable bonds is 2. The number of carbonyl (C=O) groups is 1. The van der Waals surface area contributed by atoms with E-state index in [2.05, 4.69) is 25.5 Å². The highest BCUT2D eigenvalue weighted by molar-refractivity contribution is 6.05. The van der Waals surface area contributed by atoms with Gasteiger partial charge in [0, 0.05) is 17.3 Å². The smallest absolute Gasteiger partial charge is 0.256 e. The first-order valence-electron chi connectivity index (χ1n) is 5.49. The quantitative estimate of drug-likeness (QED) is 0.639. The lowest BCUT2D eigenvalue weighted by molar-refractivity contribution is 0.102. The second kappa shape index (κ2) is 3.99. The Balaban J connectivity index is 1.87. The normalized spacial score (nSPS) is 10.7. The highest BCUT2D eigenvalue weighted by Crippen LogP contribution is 2.13. The summed E-state index contributed by atoms with van der Waals surface area (Å²) in [5, 5.41) is 9.45. The van der Waals surface area contributed by atoms with Crippen molar-refractivity contribution < 1.29 is 4.79 Å². The van der Waals surface area contributed by atoms with E-state index in [-0.39, 0.29) is 5.91 Å². The molecule has 1 aromatic carbocycles. The van der Waals surface area contributed by atoms with Crippen LogP contribution in [0.4, 0.5) is 5.82 Å². The lowest BCUT2D eigenvalue weighted by Gasteiger charge is -2.01. The molecular weight excluding hydrogens is 230 g/mol. The molecule has 6 nitrogen and oxygen atoms in total.